The molecule has 0 spiro atoms. The van der Waals surface area contributed by atoms with Gasteiger partial charge in [-0.2, -0.15) is 0 Å². The second-order valence-electron chi connectivity index (χ2n) is 7.16. The first-order valence-electron chi connectivity index (χ1n) is 8.06. The summed E-state index contributed by atoms with van der Waals surface area (Å²) in [5, 5.41) is 22.5. The van der Waals surface area contributed by atoms with E-state index in [1.807, 2.05) is 13.8 Å². The van der Waals surface area contributed by atoms with Crippen LogP contribution >= 0.6 is 0 Å². The summed E-state index contributed by atoms with van der Waals surface area (Å²) in [4.78, 5) is 46.0. The van der Waals surface area contributed by atoms with Crippen LogP contribution in [0.1, 0.15) is 53.9 Å². The van der Waals surface area contributed by atoms with Crippen molar-refractivity contribution >= 4 is 23.9 Å². The molecule has 25 heavy (non-hydrogen) atoms. The van der Waals surface area contributed by atoms with E-state index in [-0.39, 0.29) is 18.8 Å². The number of carboxylic acid groups (broad SMARTS) is 2. The molecule has 2 amide bonds. The van der Waals surface area contributed by atoms with Gasteiger partial charge in [-0.3, -0.25) is 9.59 Å². The molecule has 9 heteroatoms. The number of hydrogen-bond acceptors (Lipinski definition) is 5. The van der Waals surface area contributed by atoms with Gasteiger partial charge >= 0.3 is 18.0 Å². The Bertz CT molecular complexity index is 497. The highest BCUT2D eigenvalue weighted by Gasteiger charge is 2.29. The van der Waals surface area contributed by atoms with E-state index in [1.54, 1.807) is 20.8 Å². The molecule has 0 saturated heterocycles. The van der Waals surface area contributed by atoms with Gasteiger partial charge in [-0.05, 0) is 39.5 Å². The predicted molar refractivity (Wildman–Crippen MR) is 89.0 cm³/mol. The van der Waals surface area contributed by atoms with E-state index in [2.05, 4.69) is 10.6 Å². The molecule has 0 aromatic rings. The zero-order valence-corrected chi connectivity index (χ0v) is 15.3. The summed E-state index contributed by atoms with van der Waals surface area (Å²) in [5.74, 6) is -3.15. The number of amides is 2. The van der Waals surface area contributed by atoms with Crippen LogP contribution in [-0.4, -0.2) is 51.8 Å². The summed E-state index contributed by atoms with van der Waals surface area (Å²) in [6, 6.07) is -2.33. The Labute approximate surface area is 147 Å². The molecular weight excluding hydrogens is 332 g/mol. The van der Waals surface area contributed by atoms with Crippen molar-refractivity contribution in [2.45, 2.75) is 71.6 Å². The van der Waals surface area contributed by atoms with Gasteiger partial charge in [0.05, 0.1) is 0 Å². The van der Waals surface area contributed by atoms with E-state index >= 15 is 0 Å². The molecule has 144 valence electrons. The van der Waals surface area contributed by atoms with Crippen LogP contribution in [-0.2, 0) is 19.1 Å². The fourth-order valence-corrected chi connectivity index (χ4v) is 1.95. The van der Waals surface area contributed by atoms with Gasteiger partial charge in [0.25, 0.3) is 0 Å². The zero-order valence-electron chi connectivity index (χ0n) is 15.3. The van der Waals surface area contributed by atoms with Crippen molar-refractivity contribution in [3.8, 4) is 0 Å². The monoisotopic (exact) mass is 360 g/mol. The Morgan fingerprint density at radius 1 is 1.00 bits per heavy atom. The molecule has 0 aliphatic rings. The van der Waals surface area contributed by atoms with Crippen LogP contribution in [0.25, 0.3) is 0 Å². The highest BCUT2D eigenvalue weighted by Crippen LogP contribution is 2.10. The fourth-order valence-electron chi connectivity index (χ4n) is 1.95. The van der Waals surface area contributed by atoms with E-state index in [0.717, 1.165) is 0 Å². The van der Waals surface area contributed by atoms with Crippen molar-refractivity contribution in [2.75, 3.05) is 0 Å². The molecule has 0 aromatic carbocycles. The molecular formula is C16H28N2O7. The molecule has 0 rings (SSSR count). The summed E-state index contributed by atoms with van der Waals surface area (Å²) in [6.07, 6.45) is -1.16. The lowest BCUT2D eigenvalue weighted by molar-refractivity contribution is -0.143. The third kappa shape index (κ3) is 11.0. The highest BCUT2D eigenvalue weighted by atomic mass is 16.6. The average molecular weight is 360 g/mol. The van der Waals surface area contributed by atoms with Gasteiger partial charge in [0.15, 0.2) is 0 Å². The second kappa shape index (κ2) is 9.85. The maximum Gasteiger partial charge on any atom is 0.408 e. The Hall–Kier alpha value is -2.32. The number of alkyl carbamates (subject to hydrolysis) is 1. The standard InChI is InChI=1S/C16H28N2O7/c1-9(2)8-11(18-15(24)25-16(3,4)5)13(21)17-10(14(22)23)6-7-12(19)20/h9-11H,6-8H2,1-5H3,(H,17,21)(H,18,24)(H,19,20)(H,22,23)/t10-,11+/m1/s1. The minimum absolute atomic E-state index is 0.0491. The van der Waals surface area contributed by atoms with Crippen LogP contribution < -0.4 is 10.6 Å². The van der Waals surface area contributed by atoms with Crippen molar-refractivity contribution in [1.82, 2.24) is 10.6 Å². The normalized spacial score (nSPS) is 13.7. The summed E-state index contributed by atoms with van der Waals surface area (Å²) in [6.45, 7) is 8.72. The first-order chi connectivity index (χ1) is 11.3. The molecule has 0 heterocycles. The number of rotatable bonds is 9. The molecule has 0 aromatic heterocycles. The van der Waals surface area contributed by atoms with Gasteiger partial charge in [0.1, 0.15) is 17.7 Å². The third-order valence-corrected chi connectivity index (χ3v) is 2.98. The van der Waals surface area contributed by atoms with Crippen molar-refractivity contribution in [1.29, 1.82) is 0 Å². The van der Waals surface area contributed by atoms with E-state index in [0.29, 0.717) is 0 Å². The summed E-state index contributed by atoms with van der Waals surface area (Å²) < 4.78 is 5.11. The summed E-state index contributed by atoms with van der Waals surface area (Å²) in [5.41, 5.74) is -0.742. The molecule has 0 radical (unpaired) electrons. The van der Waals surface area contributed by atoms with Gasteiger partial charge < -0.3 is 25.6 Å². The van der Waals surface area contributed by atoms with Crippen molar-refractivity contribution in [3.63, 3.8) is 0 Å². The van der Waals surface area contributed by atoms with Crippen molar-refractivity contribution < 1.29 is 34.1 Å². The van der Waals surface area contributed by atoms with E-state index in [1.165, 1.54) is 0 Å². The summed E-state index contributed by atoms with van der Waals surface area (Å²) >= 11 is 0. The lowest BCUT2D eigenvalue weighted by Crippen LogP contribution is -2.52. The number of carbonyl (C=O) groups excluding carboxylic acids is 2. The van der Waals surface area contributed by atoms with E-state index in [4.69, 9.17) is 14.9 Å². The topological polar surface area (TPSA) is 142 Å². The maximum absolute atomic E-state index is 12.3. The second-order valence-corrected chi connectivity index (χ2v) is 7.16. The zero-order chi connectivity index (χ0) is 19.8. The van der Waals surface area contributed by atoms with Gasteiger partial charge in [0, 0.05) is 6.42 Å². The SMILES string of the molecule is CC(C)C[C@H](NC(=O)OC(C)(C)C)C(=O)N[C@H](CCC(=O)O)C(=O)O. The molecule has 4 N–H and O–H groups in total. The average Bonchev–Trinajstić information content (AvgIpc) is 2.39. The Balaban J connectivity index is 4.99. The minimum Gasteiger partial charge on any atom is -0.481 e. The van der Waals surface area contributed by atoms with Crippen LogP contribution in [0.4, 0.5) is 4.79 Å². The largest absolute Gasteiger partial charge is 0.481 e. The van der Waals surface area contributed by atoms with Gasteiger partial charge in [-0.1, -0.05) is 13.8 Å². The molecule has 0 aliphatic heterocycles. The van der Waals surface area contributed by atoms with E-state index in [9.17, 15) is 19.2 Å². The van der Waals surface area contributed by atoms with Gasteiger partial charge in [-0.25, -0.2) is 9.59 Å². The minimum atomic E-state index is -1.35. The first kappa shape index (κ1) is 22.7. The third-order valence-electron chi connectivity index (χ3n) is 2.98. The Morgan fingerprint density at radius 2 is 1.56 bits per heavy atom. The molecule has 0 aliphatic carbocycles. The van der Waals surface area contributed by atoms with Crippen molar-refractivity contribution in [3.05, 3.63) is 0 Å². The predicted octanol–water partition coefficient (Wildman–Crippen LogP) is 1.36. The molecule has 0 unspecified atom stereocenters. The van der Waals surface area contributed by atoms with Gasteiger partial charge in [0.2, 0.25) is 5.91 Å². The lowest BCUT2D eigenvalue weighted by Gasteiger charge is -2.25. The number of carbonyl (C=O) groups is 4. The number of ether oxygens (including phenoxy) is 1. The molecule has 0 saturated carbocycles. The first-order valence-corrected chi connectivity index (χ1v) is 8.06. The number of carboxylic acids is 2. The molecule has 9 nitrogen and oxygen atoms in total. The quantitative estimate of drug-likeness (QED) is 0.486. The molecule has 0 fully saturated rings. The molecule has 2 atom stereocenters. The van der Waals surface area contributed by atoms with Gasteiger partial charge in [-0.15, -0.1) is 0 Å². The Kier molecular flexibility index (Phi) is 8.94. The van der Waals surface area contributed by atoms with Crippen LogP contribution in [0.15, 0.2) is 0 Å². The fraction of sp³-hybridized carbons (Fsp3) is 0.750. The Morgan fingerprint density at radius 3 is 1.96 bits per heavy atom. The smallest absolute Gasteiger partial charge is 0.408 e. The lowest BCUT2D eigenvalue weighted by atomic mass is 10.0. The van der Waals surface area contributed by atoms with Crippen LogP contribution in [0.3, 0.4) is 0 Å². The van der Waals surface area contributed by atoms with Crippen LogP contribution in [0.5, 0.6) is 0 Å². The highest BCUT2D eigenvalue weighted by molar-refractivity contribution is 5.89. The maximum atomic E-state index is 12.3. The summed E-state index contributed by atoms with van der Waals surface area (Å²) in [7, 11) is 0. The number of aliphatic carboxylic acids is 2. The van der Waals surface area contributed by atoms with E-state index < -0.39 is 48.0 Å². The van der Waals surface area contributed by atoms with Crippen LogP contribution in [0, 0.1) is 5.92 Å². The number of nitrogens with one attached hydrogen (secondary N) is 2. The van der Waals surface area contributed by atoms with Crippen LogP contribution in [0.2, 0.25) is 0 Å². The number of hydrogen-bond donors (Lipinski definition) is 4. The van der Waals surface area contributed by atoms with Crippen molar-refractivity contribution in [2.24, 2.45) is 5.92 Å². The molecule has 0 bridgehead atoms.